The van der Waals surface area contributed by atoms with E-state index in [-0.39, 0.29) is 0 Å². The molecule has 0 bridgehead atoms. The fourth-order valence-corrected chi connectivity index (χ4v) is 2.44. The first-order chi connectivity index (χ1) is 6.20. The van der Waals surface area contributed by atoms with Gasteiger partial charge in [-0.25, -0.2) is 0 Å². The van der Waals surface area contributed by atoms with E-state index in [1.807, 2.05) is 0 Å². The number of rotatable bonds is 1. The number of hydrogen-bond donors (Lipinski definition) is 0. The van der Waals surface area contributed by atoms with Gasteiger partial charge in [0.1, 0.15) is 0 Å². The van der Waals surface area contributed by atoms with Gasteiger partial charge in [-0.2, -0.15) is 0 Å². The van der Waals surface area contributed by atoms with Crippen molar-refractivity contribution in [3.63, 3.8) is 0 Å². The minimum atomic E-state index is 0.464. The molecule has 0 fully saturated rings. The molecule has 2 heteroatoms. The van der Waals surface area contributed by atoms with Crippen molar-refractivity contribution in [2.45, 2.75) is 5.66 Å². The van der Waals surface area contributed by atoms with Crippen LogP contribution >= 0.6 is 9.24 Å². The molecule has 1 aromatic rings. The summed E-state index contributed by atoms with van der Waals surface area (Å²) < 4.78 is 0. The molecule has 13 heavy (non-hydrogen) atoms. The molecular weight excluding hydrogens is 177 g/mol. The van der Waals surface area contributed by atoms with E-state index in [2.05, 4.69) is 58.6 Å². The van der Waals surface area contributed by atoms with Crippen LogP contribution in [0, 0.1) is 0 Å². The van der Waals surface area contributed by atoms with Crippen molar-refractivity contribution in [1.29, 1.82) is 0 Å². The highest BCUT2D eigenvalue weighted by Crippen LogP contribution is 2.41. The molecule has 2 rings (SSSR count). The summed E-state index contributed by atoms with van der Waals surface area (Å²) in [6, 6.07) is 8.55. The molecule has 1 aromatic carbocycles. The Labute approximate surface area is 81.7 Å². The van der Waals surface area contributed by atoms with Crippen LogP contribution in [0.3, 0.4) is 0 Å². The van der Waals surface area contributed by atoms with E-state index in [4.69, 9.17) is 0 Å². The van der Waals surface area contributed by atoms with Crippen molar-refractivity contribution >= 4 is 15.3 Å². The Kier molecular flexibility index (Phi) is 2.13. The summed E-state index contributed by atoms with van der Waals surface area (Å²) in [5.41, 5.74) is 4.60. The number of hydrogen-bond acceptors (Lipinski definition) is 1. The summed E-state index contributed by atoms with van der Waals surface area (Å²) in [6.45, 7) is 0. The van der Waals surface area contributed by atoms with Gasteiger partial charge in [0.05, 0.1) is 0 Å². The molecule has 0 aliphatic heterocycles. The first-order valence-electron chi connectivity index (χ1n) is 4.43. The molecule has 0 saturated heterocycles. The molecule has 1 aliphatic carbocycles. The number of allylic oxidation sites excluding steroid dienone is 1. The third-order valence-corrected chi connectivity index (χ3v) is 3.17. The largest absolute Gasteiger partial charge is 0.380 e. The number of likely N-dealkylation sites (N-methyl/N-ethyl adjacent to an activating group) is 1. The maximum atomic E-state index is 2.90. The minimum absolute atomic E-state index is 0.464. The monoisotopic (exact) mass is 191 g/mol. The molecule has 68 valence electrons. The number of fused-ring (bicyclic) bond motifs is 1. The Bertz CT molecular complexity index is 355. The molecule has 0 radical (unpaired) electrons. The fraction of sp³-hybridized carbons (Fsp3) is 0.273. The van der Waals surface area contributed by atoms with E-state index >= 15 is 0 Å². The van der Waals surface area contributed by atoms with E-state index in [1.165, 1.54) is 16.8 Å². The zero-order valence-electron chi connectivity index (χ0n) is 7.99. The highest BCUT2D eigenvalue weighted by Gasteiger charge is 2.21. The van der Waals surface area contributed by atoms with Gasteiger partial charge in [0, 0.05) is 25.5 Å². The van der Waals surface area contributed by atoms with Crippen molar-refractivity contribution in [2.24, 2.45) is 0 Å². The molecule has 2 atom stereocenters. The van der Waals surface area contributed by atoms with E-state index in [9.17, 15) is 0 Å². The fourth-order valence-electron chi connectivity index (χ4n) is 1.74. The average molecular weight is 191 g/mol. The number of nitrogens with zero attached hydrogens (tertiary/aromatic N) is 1. The van der Waals surface area contributed by atoms with Crippen LogP contribution in [0.1, 0.15) is 16.8 Å². The van der Waals surface area contributed by atoms with Gasteiger partial charge in [-0.05, 0) is 17.2 Å². The Hall–Kier alpha value is -0.810. The third-order valence-electron chi connectivity index (χ3n) is 2.47. The van der Waals surface area contributed by atoms with Gasteiger partial charge in [-0.15, -0.1) is 9.24 Å². The van der Waals surface area contributed by atoms with Gasteiger partial charge >= 0.3 is 0 Å². The lowest BCUT2D eigenvalue weighted by Crippen LogP contribution is -2.11. The van der Waals surface area contributed by atoms with Crippen LogP contribution in [0.2, 0.25) is 0 Å². The summed E-state index contributed by atoms with van der Waals surface area (Å²) in [5, 5.41) is 0. The van der Waals surface area contributed by atoms with Crippen LogP contribution in [0.4, 0.5) is 0 Å². The normalized spacial score (nSPS) is 19.6. The van der Waals surface area contributed by atoms with E-state index in [0.717, 1.165) is 0 Å². The average Bonchev–Trinajstić information content (AvgIpc) is 2.45. The summed E-state index contributed by atoms with van der Waals surface area (Å²) in [7, 11) is 7.08. The zero-order valence-corrected chi connectivity index (χ0v) is 9.14. The SMILES string of the molecule is CN(C)C1=Cc2ccccc2C1P. The maximum absolute atomic E-state index is 2.90. The van der Waals surface area contributed by atoms with Gasteiger partial charge < -0.3 is 4.90 Å². The predicted molar refractivity (Wildman–Crippen MR) is 60.6 cm³/mol. The predicted octanol–water partition coefficient (Wildman–Crippen LogP) is 2.52. The second-order valence-corrected chi connectivity index (χ2v) is 4.24. The Morgan fingerprint density at radius 2 is 1.92 bits per heavy atom. The topological polar surface area (TPSA) is 3.24 Å². The second-order valence-electron chi connectivity index (χ2n) is 3.57. The van der Waals surface area contributed by atoms with Crippen LogP contribution < -0.4 is 0 Å². The lowest BCUT2D eigenvalue weighted by atomic mass is 10.1. The molecule has 0 heterocycles. The minimum Gasteiger partial charge on any atom is -0.380 e. The molecule has 0 amide bonds. The van der Waals surface area contributed by atoms with Gasteiger partial charge in [0.15, 0.2) is 0 Å². The molecule has 2 unspecified atom stereocenters. The number of benzene rings is 1. The van der Waals surface area contributed by atoms with E-state index < -0.39 is 0 Å². The van der Waals surface area contributed by atoms with Crippen molar-refractivity contribution in [3.8, 4) is 0 Å². The van der Waals surface area contributed by atoms with Crippen LogP contribution in [0.5, 0.6) is 0 Å². The molecular formula is C11H14NP. The van der Waals surface area contributed by atoms with E-state index in [1.54, 1.807) is 0 Å². The Balaban J connectivity index is 2.44. The molecule has 0 aromatic heterocycles. The van der Waals surface area contributed by atoms with Gasteiger partial charge in [-0.3, -0.25) is 0 Å². The molecule has 1 nitrogen and oxygen atoms in total. The Morgan fingerprint density at radius 3 is 2.54 bits per heavy atom. The molecule has 0 spiro atoms. The quantitative estimate of drug-likeness (QED) is 0.616. The summed E-state index contributed by atoms with van der Waals surface area (Å²) in [6.07, 6.45) is 2.26. The molecule has 0 N–H and O–H groups in total. The lowest BCUT2D eigenvalue weighted by Gasteiger charge is -2.18. The summed E-state index contributed by atoms with van der Waals surface area (Å²) in [4.78, 5) is 2.18. The molecule has 0 saturated carbocycles. The Morgan fingerprint density at radius 1 is 1.23 bits per heavy atom. The maximum Gasteiger partial charge on any atom is 0.0389 e. The van der Waals surface area contributed by atoms with Crippen LogP contribution in [0.15, 0.2) is 30.0 Å². The van der Waals surface area contributed by atoms with Crippen molar-refractivity contribution in [3.05, 3.63) is 41.1 Å². The highest BCUT2D eigenvalue weighted by molar-refractivity contribution is 7.17. The van der Waals surface area contributed by atoms with Crippen LogP contribution in [-0.2, 0) is 0 Å². The van der Waals surface area contributed by atoms with Crippen molar-refractivity contribution in [1.82, 2.24) is 4.90 Å². The standard InChI is InChI=1S/C11H14NP/c1-12(2)10-7-8-5-3-4-6-9(8)11(10)13/h3-7,11H,13H2,1-2H3. The van der Waals surface area contributed by atoms with Crippen LogP contribution in [0.25, 0.3) is 6.08 Å². The summed E-state index contributed by atoms with van der Waals surface area (Å²) in [5.74, 6) is 0. The second kappa shape index (κ2) is 3.16. The zero-order chi connectivity index (χ0) is 9.42. The lowest BCUT2D eigenvalue weighted by molar-refractivity contribution is 0.504. The van der Waals surface area contributed by atoms with Gasteiger partial charge in [0.2, 0.25) is 0 Å². The van der Waals surface area contributed by atoms with Crippen molar-refractivity contribution < 1.29 is 0 Å². The van der Waals surface area contributed by atoms with Gasteiger partial charge in [0.25, 0.3) is 0 Å². The van der Waals surface area contributed by atoms with Crippen LogP contribution in [-0.4, -0.2) is 19.0 Å². The first kappa shape index (κ1) is 8.77. The smallest absolute Gasteiger partial charge is 0.0389 e. The van der Waals surface area contributed by atoms with Crippen molar-refractivity contribution in [2.75, 3.05) is 14.1 Å². The highest BCUT2D eigenvalue weighted by atomic mass is 31.0. The third kappa shape index (κ3) is 1.38. The molecule has 1 aliphatic rings. The first-order valence-corrected chi connectivity index (χ1v) is 5.10. The summed E-state index contributed by atoms with van der Waals surface area (Å²) >= 11 is 0. The van der Waals surface area contributed by atoms with Gasteiger partial charge in [-0.1, -0.05) is 24.3 Å². The van der Waals surface area contributed by atoms with E-state index in [0.29, 0.717) is 5.66 Å².